The molecule has 8 nitrogen and oxygen atoms in total. The molecule has 1 aliphatic heterocycles. The minimum atomic E-state index is -0.582. The van der Waals surface area contributed by atoms with Gasteiger partial charge >= 0.3 is 12.1 Å². The van der Waals surface area contributed by atoms with Crippen molar-refractivity contribution in [1.29, 1.82) is 0 Å². The number of amides is 2. The van der Waals surface area contributed by atoms with Gasteiger partial charge in [0, 0.05) is 34.6 Å². The van der Waals surface area contributed by atoms with Crippen LogP contribution in [0.4, 0.5) is 4.79 Å². The lowest BCUT2D eigenvalue weighted by molar-refractivity contribution is -0.142. The number of piperidine rings is 1. The number of hydrogen-bond donors (Lipinski definition) is 3. The highest BCUT2D eigenvalue weighted by atomic mass is 35.5. The van der Waals surface area contributed by atoms with Gasteiger partial charge in [-0.25, -0.2) is 4.79 Å². The van der Waals surface area contributed by atoms with E-state index in [1.807, 2.05) is 43.3 Å². The average Bonchev–Trinajstić information content (AvgIpc) is 2.90. The number of carbonyl (C=O) groups is 3. The lowest BCUT2D eigenvalue weighted by Gasteiger charge is -2.27. The van der Waals surface area contributed by atoms with E-state index < -0.39 is 17.7 Å². The van der Waals surface area contributed by atoms with Crippen LogP contribution in [0.3, 0.4) is 0 Å². The van der Waals surface area contributed by atoms with Crippen molar-refractivity contribution in [1.82, 2.24) is 16.0 Å². The maximum Gasteiger partial charge on any atom is 0.407 e. The van der Waals surface area contributed by atoms with E-state index in [0.717, 1.165) is 29.8 Å². The smallest absolute Gasteiger partial charge is 0.407 e. The second kappa shape index (κ2) is 18.0. The van der Waals surface area contributed by atoms with Gasteiger partial charge in [-0.2, -0.15) is 0 Å². The molecule has 1 saturated heterocycles. The maximum atomic E-state index is 12.1. The largest absolute Gasteiger partial charge is 0.468 e. The van der Waals surface area contributed by atoms with Crippen molar-refractivity contribution < 1.29 is 23.9 Å². The first-order valence-corrected chi connectivity index (χ1v) is 14.6. The number of benzene rings is 2. The lowest BCUT2D eigenvalue weighted by Crippen LogP contribution is -2.48. The molecule has 0 aromatic heterocycles. The number of rotatable bonds is 9. The van der Waals surface area contributed by atoms with Gasteiger partial charge in [0.25, 0.3) is 0 Å². The molecule has 4 atom stereocenters. The number of alkyl carbamates (subject to hydrolysis) is 1. The molecule has 10 heteroatoms. The second-order valence-corrected chi connectivity index (χ2v) is 12.2. The molecule has 2 aromatic rings. The quantitative estimate of drug-likeness (QED) is 0.281. The SMILES string of the molecule is C.COC(=O)[C@H](C)NC[C@H](Cc1ccc(Cl)cc1)NC(=O)OC(C)(C)C.C[C@@H]1CC[C@H](Cc2ccc(Cl)cc2)NC1=O. The molecule has 2 aromatic carbocycles. The Bertz CT molecular complexity index is 1120. The normalized spacial score (nSPS) is 17.8. The molecule has 3 rings (SSSR count). The summed E-state index contributed by atoms with van der Waals surface area (Å²) in [5, 5.41) is 10.4. The van der Waals surface area contributed by atoms with Crippen molar-refractivity contribution in [2.24, 2.45) is 5.92 Å². The van der Waals surface area contributed by atoms with Gasteiger partial charge in [0.05, 0.1) is 7.11 Å². The number of carbonyl (C=O) groups excluding carboxylic acids is 3. The number of nitrogens with one attached hydrogen (secondary N) is 3. The van der Waals surface area contributed by atoms with Crippen LogP contribution in [0.2, 0.25) is 10.0 Å². The highest BCUT2D eigenvalue weighted by Gasteiger charge is 2.24. The summed E-state index contributed by atoms with van der Waals surface area (Å²) in [6.45, 7) is 9.49. The van der Waals surface area contributed by atoms with Crippen LogP contribution in [0.1, 0.15) is 66.0 Å². The van der Waals surface area contributed by atoms with Gasteiger partial charge in [0.15, 0.2) is 0 Å². The maximum absolute atomic E-state index is 12.1. The molecular formula is C32H47Cl2N3O5. The summed E-state index contributed by atoms with van der Waals surface area (Å²) < 4.78 is 10.0. The van der Waals surface area contributed by atoms with E-state index in [-0.39, 0.29) is 37.3 Å². The summed E-state index contributed by atoms with van der Waals surface area (Å²) in [5.41, 5.74) is 1.66. The van der Waals surface area contributed by atoms with Gasteiger partial charge in [-0.05, 0) is 88.8 Å². The van der Waals surface area contributed by atoms with Gasteiger partial charge in [0.1, 0.15) is 11.6 Å². The van der Waals surface area contributed by atoms with Crippen molar-refractivity contribution in [3.8, 4) is 0 Å². The highest BCUT2D eigenvalue weighted by Crippen LogP contribution is 2.19. The Kier molecular flexibility index (Phi) is 15.9. The zero-order chi connectivity index (χ0) is 30.6. The highest BCUT2D eigenvalue weighted by molar-refractivity contribution is 6.30. The van der Waals surface area contributed by atoms with Crippen LogP contribution < -0.4 is 16.0 Å². The molecule has 0 unspecified atom stereocenters. The average molecular weight is 625 g/mol. The third-order valence-electron chi connectivity index (χ3n) is 6.48. The molecule has 234 valence electrons. The minimum Gasteiger partial charge on any atom is -0.468 e. The van der Waals surface area contributed by atoms with E-state index in [1.54, 1.807) is 39.8 Å². The molecule has 3 N–H and O–H groups in total. The number of methoxy groups -OCH3 is 1. The molecule has 0 radical (unpaired) electrons. The number of hydrogen-bond acceptors (Lipinski definition) is 6. The molecule has 0 bridgehead atoms. The van der Waals surface area contributed by atoms with Crippen LogP contribution >= 0.6 is 23.2 Å². The topological polar surface area (TPSA) is 106 Å². The fourth-order valence-corrected chi connectivity index (χ4v) is 4.44. The van der Waals surface area contributed by atoms with Crippen LogP contribution in [-0.4, -0.2) is 55.4 Å². The predicted molar refractivity (Wildman–Crippen MR) is 170 cm³/mol. The molecular weight excluding hydrogens is 577 g/mol. The number of esters is 1. The van der Waals surface area contributed by atoms with Crippen LogP contribution in [0.5, 0.6) is 0 Å². The summed E-state index contributed by atoms with van der Waals surface area (Å²) in [5.74, 6) is -0.00538. The van der Waals surface area contributed by atoms with Crippen molar-refractivity contribution in [2.45, 2.75) is 91.5 Å². The van der Waals surface area contributed by atoms with E-state index >= 15 is 0 Å². The lowest BCUT2D eigenvalue weighted by atomic mass is 9.92. The molecule has 42 heavy (non-hydrogen) atoms. The first-order chi connectivity index (χ1) is 19.3. The van der Waals surface area contributed by atoms with E-state index in [2.05, 4.69) is 16.0 Å². The Hall–Kier alpha value is -2.81. The summed E-state index contributed by atoms with van der Waals surface area (Å²) in [4.78, 5) is 35.1. The van der Waals surface area contributed by atoms with Crippen molar-refractivity contribution >= 4 is 41.2 Å². The van der Waals surface area contributed by atoms with Gasteiger partial charge in [0.2, 0.25) is 5.91 Å². The monoisotopic (exact) mass is 623 g/mol. The zero-order valence-corrected chi connectivity index (χ0v) is 26.3. The molecule has 1 aliphatic rings. The molecule has 1 heterocycles. The Morgan fingerprint density at radius 1 is 1.00 bits per heavy atom. The third kappa shape index (κ3) is 14.4. The van der Waals surface area contributed by atoms with Crippen molar-refractivity contribution in [2.75, 3.05) is 13.7 Å². The molecule has 0 saturated carbocycles. The Balaban J connectivity index is 0.000000446. The molecule has 1 fully saturated rings. The first kappa shape index (κ1) is 37.2. The predicted octanol–water partition coefficient (Wildman–Crippen LogP) is 6.36. The van der Waals surface area contributed by atoms with Gasteiger partial charge < -0.3 is 25.4 Å². The van der Waals surface area contributed by atoms with Gasteiger partial charge in [-0.1, -0.05) is 61.8 Å². The summed E-state index contributed by atoms with van der Waals surface area (Å²) in [6, 6.07) is 14.8. The fourth-order valence-electron chi connectivity index (χ4n) is 4.19. The zero-order valence-electron chi connectivity index (χ0n) is 24.8. The van der Waals surface area contributed by atoms with E-state index in [4.69, 9.17) is 32.7 Å². The molecule has 0 aliphatic carbocycles. The van der Waals surface area contributed by atoms with Crippen molar-refractivity contribution in [3.05, 3.63) is 69.7 Å². The molecule has 2 amide bonds. The van der Waals surface area contributed by atoms with Gasteiger partial charge in [-0.15, -0.1) is 0 Å². The standard InChI is InChI=1S/C18H27ClN2O4.C13H16ClNO.CH4/c1-12(16(22)24-5)20-11-15(21-17(23)25-18(2,3)4)10-13-6-8-14(19)9-7-13;1-9-2-7-12(15-13(9)16)8-10-3-5-11(14)6-4-10;/h6-9,12,15,20H,10-11H2,1-5H3,(H,21,23);3-6,9,12H,2,7-8H2,1H3,(H,15,16);1H4/t12-,15-;9-,12-;/m01./s1. The van der Waals surface area contributed by atoms with E-state index in [0.29, 0.717) is 18.0 Å². The van der Waals surface area contributed by atoms with Crippen LogP contribution in [0, 0.1) is 5.92 Å². The van der Waals surface area contributed by atoms with Crippen LogP contribution in [0.25, 0.3) is 0 Å². The summed E-state index contributed by atoms with van der Waals surface area (Å²) >= 11 is 11.7. The van der Waals surface area contributed by atoms with Crippen molar-refractivity contribution in [3.63, 3.8) is 0 Å². The third-order valence-corrected chi connectivity index (χ3v) is 6.98. The second-order valence-electron chi connectivity index (χ2n) is 11.3. The first-order valence-electron chi connectivity index (χ1n) is 13.9. The number of ether oxygens (including phenoxy) is 2. The number of halogens is 2. The van der Waals surface area contributed by atoms with E-state index in [1.165, 1.54) is 12.7 Å². The van der Waals surface area contributed by atoms with Gasteiger partial charge in [-0.3, -0.25) is 9.59 Å². The Morgan fingerprint density at radius 2 is 1.55 bits per heavy atom. The molecule has 0 spiro atoms. The van der Waals surface area contributed by atoms with Crippen LogP contribution in [-0.2, 0) is 31.9 Å². The van der Waals surface area contributed by atoms with Crippen LogP contribution in [0.15, 0.2) is 48.5 Å². The van der Waals surface area contributed by atoms with E-state index in [9.17, 15) is 14.4 Å². The summed E-state index contributed by atoms with van der Waals surface area (Å²) in [6.07, 6.45) is 3.02. The Labute approximate surface area is 261 Å². The fraction of sp³-hybridized carbons (Fsp3) is 0.531. The minimum absolute atomic E-state index is 0. The Morgan fingerprint density at radius 3 is 2.05 bits per heavy atom. The summed E-state index contributed by atoms with van der Waals surface area (Å²) in [7, 11) is 1.34.